The van der Waals surface area contributed by atoms with E-state index in [-0.39, 0.29) is 29.9 Å². The Balaban J connectivity index is 2.01. The number of alkyl halides is 3. The summed E-state index contributed by atoms with van der Waals surface area (Å²) in [7, 11) is 0. The summed E-state index contributed by atoms with van der Waals surface area (Å²) >= 11 is 0. The van der Waals surface area contributed by atoms with Crippen LogP contribution in [0.25, 0.3) is 0 Å². The standard InChI is InChI=1S/C13H12F3NO2/c14-13(15,16)8-3-4-10-11(6-8)19-7-9-2-1-5-17(9)12(10)18/h3-4,6,9H,1-2,5,7H2/t9-/m1/s1. The number of ether oxygens (including phenoxy) is 1. The third-order valence-electron chi connectivity index (χ3n) is 3.61. The van der Waals surface area contributed by atoms with Gasteiger partial charge in [0.1, 0.15) is 12.4 Å². The van der Waals surface area contributed by atoms with Gasteiger partial charge in [0, 0.05) is 6.54 Å². The maximum Gasteiger partial charge on any atom is 0.416 e. The van der Waals surface area contributed by atoms with E-state index in [1.807, 2.05) is 0 Å². The van der Waals surface area contributed by atoms with Crippen molar-refractivity contribution in [2.75, 3.05) is 13.2 Å². The SMILES string of the molecule is O=C1c2ccc(C(F)(F)F)cc2OC[C@H]2CCCN12. The fourth-order valence-corrected chi connectivity index (χ4v) is 2.61. The lowest BCUT2D eigenvalue weighted by Crippen LogP contribution is -2.36. The largest absolute Gasteiger partial charge is 0.491 e. The first kappa shape index (κ1) is 12.3. The highest BCUT2D eigenvalue weighted by Gasteiger charge is 2.36. The van der Waals surface area contributed by atoms with Crippen molar-refractivity contribution >= 4 is 5.91 Å². The predicted octanol–water partition coefficient (Wildman–Crippen LogP) is 2.70. The summed E-state index contributed by atoms with van der Waals surface area (Å²) < 4.78 is 43.3. The molecule has 2 aliphatic heterocycles. The predicted molar refractivity (Wildman–Crippen MR) is 61.0 cm³/mol. The molecule has 1 atom stereocenters. The zero-order valence-electron chi connectivity index (χ0n) is 10.0. The monoisotopic (exact) mass is 271 g/mol. The number of nitrogens with zero attached hydrogens (tertiary/aromatic N) is 1. The van der Waals surface area contributed by atoms with Crippen molar-refractivity contribution in [1.29, 1.82) is 0 Å². The van der Waals surface area contributed by atoms with E-state index in [0.717, 1.165) is 25.0 Å². The summed E-state index contributed by atoms with van der Waals surface area (Å²) in [5, 5.41) is 0. The minimum Gasteiger partial charge on any atom is -0.491 e. The van der Waals surface area contributed by atoms with Crippen LogP contribution in [0.15, 0.2) is 18.2 Å². The van der Waals surface area contributed by atoms with E-state index in [0.29, 0.717) is 6.54 Å². The zero-order chi connectivity index (χ0) is 13.6. The molecule has 0 aliphatic carbocycles. The molecule has 6 heteroatoms. The maximum absolute atomic E-state index is 12.6. The van der Waals surface area contributed by atoms with E-state index < -0.39 is 11.7 Å². The lowest BCUT2D eigenvalue weighted by Gasteiger charge is -2.20. The number of fused-ring (bicyclic) bond motifs is 2. The number of benzene rings is 1. The second-order valence-corrected chi connectivity index (χ2v) is 4.81. The highest BCUT2D eigenvalue weighted by molar-refractivity contribution is 5.97. The van der Waals surface area contributed by atoms with Crippen LogP contribution < -0.4 is 4.74 Å². The summed E-state index contributed by atoms with van der Waals surface area (Å²) in [4.78, 5) is 13.9. The first-order valence-electron chi connectivity index (χ1n) is 6.12. The second kappa shape index (κ2) is 4.15. The van der Waals surface area contributed by atoms with Gasteiger partial charge in [-0.3, -0.25) is 4.79 Å². The molecule has 1 saturated heterocycles. The van der Waals surface area contributed by atoms with Gasteiger partial charge < -0.3 is 9.64 Å². The van der Waals surface area contributed by atoms with Gasteiger partial charge in [-0.1, -0.05) is 0 Å². The van der Waals surface area contributed by atoms with Crippen molar-refractivity contribution in [3.63, 3.8) is 0 Å². The summed E-state index contributed by atoms with van der Waals surface area (Å²) in [6, 6.07) is 3.03. The van der Waals surface area contributed by atoms with Crippen molar-refractivity contribution in [3.8, 4) is 5.75 Å². The summed E-state index contributed by atoms with van der Waals surface area (Å²) in [6.45, 7) is 0.910. The summed E-state index contributed by atoms with van der Waals surface area (Å²) in [5.74, 6) is -0.196. The molecule has 3 rings (SSSR count). The molecule has 0 radical (unpaired) electrons. The minimum absolute atomic E-state index is 0.0192. The molecule has 0 aromatic heterocycles. The number of hydrogen-bond donors (Lipinski definition) is 0. The van der Waals surface area contributed by atoms with Gasteiger partial charge in [0.25, 0.3) is 5.91 Å². The van der Waals surface area contributed by atoms with E-state index in [1.165, 1.54) is 6.07 Å². The van der Waals surface area contributed by atoms with Gasteiger partial charge in [0.15, 0.2) is 0 Å². The lowest BCUT2D eigenvalue weighted by atomic mass is 10.1. The molecule has 0 saturated carbocycles. The normalized spacial score (nSPS) is 22.6. The van der Waals surface area contributed by atoms with Crippen molar-refractivity contribution in [1.82, 2.24) is 4.90 Å². The molecule has 1 aromatic carbocycles. The fourth-order valence-electron chi connectivity index (χ4n) is 2.61. The number of halogens is 3. The van der Waals surface area contributed by atoms with Crippen LogP contribution in [0.1, 0.15) is 28.8 Å². The maximum atomic E-state index is 12.6. The van der Waals surface area contributed by atoms with Crippen LogP contribution in [0.4, 0.5) is 13.2 Å². The van der Waals surface area contributed by atoms with E-state index in [4.69, 9.17) is 4.74 Å². The number of carbonyl (C=O) groups is 1. The van der Waals surface area contributed by atoms with Crippen LogP contribution in [-0.2, 0) is 6.18 Å². The molecule has 0 unspecified atom stereocenters. The summed E-state index contributed by atoms with van der Waals surface area (Å²) in [5.41, 5.74) is -0.571. The molecule has 3 nitrogen and oxygen atoms in total. The van der Waals surface area contributed by atoms with E-state index >= 15 is 0 Å². The van der Waals surface area contributed by atoms with Gasteiger partial charge in [-0.05, 0) is 31.0 Å². The Bertz CT molecular complexity index is 527. The van der Waals surface area contributed by atoms with Crippen LogP contribution in [0.2, 0.25) is 0 Å². The van der Waals surface area contributed by atoms with Crippen LogP contribution in [0.5, 0.6) is 5.75 Å². The Morgan fingerprint density at radius 2 is 2.11 bits per heavy atom. The molecule has 1 aromatic rings. The number of rotatable bonds is 0. The Kier molecular flexibility index (Phi) is 2.69. The topological polar surface area (TPSA) is 29.5 Å². The highest BCUT2D eigenvalue weighted by atomic mass is 19.4. The minimum atomic E-state index is -4.43. The van der Waals surface area contributed by atoms with Crippen LogP contribution >= 0.6 is 0 Å². The third kappa shape index (κ3) is 2.05. The first-order chi connectivity index (χ1) is 8.97. The van der Waals surface area contributed by atoms with Gasteiger partial charge >= 0.3 is 6.18 Å². The Labute approximate surface area is 108 Å². The van der Waals surface area contributed by atoms with E-state index in [9.17, 15) is 18.0 Å². The molecule has 2 heterocycles. The van der Waals surface area contributed by atoms with Crippen LogP contribution in [0, 0.1) is 0 Å². The zero-order valence-corrected chi connectivity index (χ0v) is 10.0. The van der Waals surface area contributed by atoms with Crippen LogP contribution in [0.3, 0.4) is 0 Å². The number of hydrogen-bond acceptors (Lipinski definition) is 2. The second-order valence-electron chi connectivity index (χ2n) is 4.81. The molecular formula is C13H12F3NO2. The molecule has 1 amide bonds. The highest BCUT2D eigenvalue weighted by Crippen LogP contribution is 2.35. The van der Waals surface area contributed by atoms with E-state index in [1.54, 1.807) is 4.90 Å². The molecule has 19 heavy (non-hydrogen) atoms. The van der Waals surface area contributed by atoms with E-state index in [2.05, 4.69) is 0 Å². The van der Waals surface area contributed by atoms with Gasteiger partial charge in [0.05, 0.1) is 17.2 Å². The lowest BCUT2D eigenvalue weighted by molar-refractivity contribution is -0.137. The number of carbonyl (C=O) groups excluding carboxylic acids is 1. The van der Waals surface area contributed by atoms with Gasteiger partial charge in [0.2, 0.25) is 0 Å². The van der Waals surface area contributed by atoms with Gasteiger partial charge in [-0.2, -0.15) is 13.2 Å². The van der Waals surface area contributed by atoms with Crippen molar-refractivity contribution in [2.24, 2.45) is 0 Å². The average Bonchev–Trinajstić information content (AvgIpc) is 2.78. The molecule has 2 aliphatic rings. The molecule has 102 valence electrons. The first-order valence-corrected chi connectivity index (χ1v) is 6.12. The molecular weight excluding hydrogens is 259 g/mol. The smallest absolute Gasteiger partial charge is 0.416 e. The number of amides is 1. The third-order valence-corrected chi connectivity index (χ3v) is 3.61. The fraction of sp³-hybridized carbons (Fsp3) is 0.462. The van der Waals surface area contributed by atoms with Gasteiger partial charge in [-0.15, -0.1) is 0 Å². The Morgan fingerprint density at radius 3 is 2.84 bits per heavy atom. The molecule has 0 bridgehead atoms. The quantitative estimate of drug-likeness (QED) is 0.726. The summed E-state index contributed by atoms with van der Waals surface area (Å²) in [6.07, 6.45) is -2.68. The Hall–Kier alpha value is -1.72. The van der Waals surface area contributed by atoms with Crippen molar-refractivity contribution in [3.05, 3.63) is 29.3 Å². The molecule has 0 N–H and O–H groups in total. The average molecular weight is 271 g/mol. The van der Waals surface area contributed by atoms with Crippen LogP contribution in [-0.4, -0.2) is 30.0 Å². The molecule has 1 fully saturated rings. The molecule has 0 spiro atoms. The Morgan fingerprint density at radius 1 is 1.32 bits per heavy atom. The van der Waals surface area contributed by atoms with Crippen molar-refractivity contribution in [2.45, 2.75) is 25.1 Å². The van der Waals surface area contributed by atoms with Gasteiger partial charge in [-0.25, -0.2) is 0 Å². The van der Waals surface area contributed by atoms with Crippen molar-refractivity contribution < 1.29 is 22.7 Å².